The number of benzene rings is 2. The predicted octanol–water partition coefficient (Wildman–Crippen LogP) is 2.39. The number of rotatable bonds is 5. The van der Waals surface area contributed by atoms with E-state index in [0.717, 1.165) is 54.1 Å². The van der Waals surface area contributed by atoms with Crippen LogP contribution in [-0.4, -0.2) is 68.1 Å². The van der Waals surface area contributed by atoms with Crippen molar-refractivity contribution in [2.45, 2.75) is 12.6 Å². The van der Waals surface area contributed by atoms with Gasteiger partial charge >= 0.3 is 12.0 Å². The first-order chi connectivity index (χ1) is 17.5. The smallest absolute Gasteiger partial charge is 0.341 e. The zero-order valence-corrected chi connectivity index (χ0v) is 19.1. The second kappa shape index (κ2) is 8.75. The molecule has 0 aliphatic carbocycles. The predicted molar refractivity (Wildman–Crippen MR) is 128 cm³/mol. The summed E-state index contributed by atoms with van der Waals surface area (Å²) in [5, 5.41) is 15.2. The molecule has 2 aromatic heterocycles. The Labute approximate surface area is 204 Å². The molecule has 36 heavy (non-hydrogen) atoms. The Balaban J connectivity index is 1.35. The summed E-state index contributed by atoms with van der Waals surface area (Å²) in [7, 11) is 0. The van der Waals surface area contributed by atoms with E-state index in [-0.39, 0.29) is 5.82 Å². The number of H-pyrrole nitrogens is 1. The molecule has 1 unspecified atom stereocenters. The Kier molecular flexibility index (Phi) is 5.40. The summed E-state index contributed by atoms with van der Waals surface area (Å²) in [5.41, 5.74) is 9.61. The minimum atomic E-state index is -1.23. The van der Waals surface area contributed by atoms with Crippen LogP contribution in [0.3, 0.4) is 0 Å². The van der Waals surface area contributed by atoms with Crippen LogP contribution in [0.4, 0.5) is 16.3 Å². The number of para-hydroxylation sites is 1. The van der Waals surface area contributed by atoms with Crippen LogP contribution in [-0.2, 0) is 20.9 Å². The fraction of sp³-hybridized carbons (Fsp3) is 0.250. The minimum Gasteiger partial charge on any atom is -0.479 e. The number of nitrogens with one attached hydrogen (secondary N) is 1. The number of hydrogen-bond acceptors (Lipinski definition) is 8. The van der Waals surface area contributed by atoms with Crippen molar-refractivity contribution in [2.24, 2.45) is 5.73 Å². The molecule has 12 nitrogen and oxygen atoms in total. The third kappa shape index (κ3) is 3.86. The third-order valence-electron chi connectivity index (χ3n) is 6.28. The average molecular weight is 489 g/mol. The van der Waals surface area contributed by atoms with Crippen molar-refractivity contribution in [1.29, 1.82) is 0 Å². The van der Waals surface area contributed by atoms with Gasteiger partial charge in [-0.3, -0.25) is 4.90 Å². The van der Waals surface area contributed by atoms with Crippen LogP contribution >= 0.6 is 0 Å². The third-order valence-corrected chi connectivity index (χ3v) is 6.28. The molecular weight excluding hydrogens is 466 g/mol. The van der Waals surface area contributed by atoms with E-state index in [1.165, 1.54) is 5.06 Å². The van der Waals surface area contributed by atoms with Crippen molar-refractivity contribution >= 4 is 34.5 Å². The molecule has 0 radical (unpaired) electrons. The summed E-state index contributed by atoms with van der Waals surface area (Å²) in [6.45, 7) is 4.07. The van der Waals surface area contributed by atoms with Crippen molar-refractivity contribution in [3.63, 3.8) is 0 Å². The monoisotopic (exact) mass is 489 g/mol. The first-order valence-corrected chi connectivity index (χ1v) is 11.5. The maximum Gasteiger partial charge on any atom is 0.341 e. The number of amides is 1. The molecule has 184 valence electrons. The maximum atomic E-state index is 12.2. The molecule has 2 aliphatic rings. The van der Waals surface area contributed by atoms with Crippen molar-refractivity contribution in [1.82, 2.24) is 24.6 Å². The Hall–Kier alpha value is -4.26. The minimum absolute atomic E-state index is 0.169. The van der Waals surface area contributed by atoms with Crippen molar-refractivity contribution in [3.8, 4) is 11.5 Å². The van der Waals surface area contributed by atoms with Crippen LogP contribution in [0.5, 0.6) is 0 Å². The van der Waals surface area contributed by atoms with Crippen LogP contribution < -0.4 is 10.8 Å². The van der Waals surface area contributed by atoms with Crippen molar-refractivity contribution < 1.29 is 24.3 Å². The van der Waals surface area contributed by atoms with Gasteiger partial charge in [-0.05, 0) is 23.8 Å². The number of morpholine rings is 1. The topological polar surface area (TPSA) is 152 Å². The fourth-order valence-corrected chi connectivity index (χ4v) is 4.56. The molecule has 4 aromatic rings. The summed E-state index contributed by atoms with van der Waals surface area (Å²) in [4.78, 5) is 39.9. The lowest BCUT2D eigenvalue weighted by atomic mass is 10.1. The van der Waals surface area contributed by atoms with Crippen molar-refractivity contribution in [2.75, 3.05) is 31.4 Å². The molecule has 0 spiro atoms. The van der Waals surface area contributed by atoms with Crippen molar-refractivity contribution in [3.05, 3.63) is 59.7 Å². The average Bonchev–Trinajstić information content (AvgIpc) is 3.59. The Bertz CT molecular complexity index is 1470. The van der Waals surface area contributed by atoms with Gasteiger partial charge < -0.3 is 20.6 Å². The number of fused-ring (bicyclic) bond motifs is 2. The number of carboxylic acids is 1. The van der Waals surface area contributed by atoms with Gasteiger partial charge in [0.05, 0.1) is 29.9 Å². The lowest BCUT2D eigenvalue weighted by Crippen LogP contribution is -2.35. The molecule has 4 heterocycles. The number of nitrogens with two attached hydrogens (primary N) is 1. The SMILES string of the molecule is NC(=O)n1nc(-c2nc3ccc(CN4CCOCC4)cc3[nH]2)cc1N1OC(C(=O)O)c2ccccc21. The number of aromatic amines is 1. The number of imidazole rings is 1. The van der Waals surface area contributed by atoms with Gasteiger partial charge in [0.1, 0.15) is 5.69 Å². The zero-order chi connectivity index (χ0) is 24.8. The van der Waals surface area contributed by atoms with Crippen LogP contribution in [0.2, 0.25) is 0 Å². The van der Waals surface area contributed by atoms with Gasteiger partial charge in [0, 0.05) is 31.3 Å². The number of aliphatic carboxylic acids is 1. The Morgan fingerprint density at radius 3 is 2.72 bits per heavy atom. The second-order valence-electron chi connectivity index (χ2n) is 8.64. The van der Waals surface area contributed by atoms with Gasteiger partial charge in [0.15, 0.2) is 11.6 Å². The first kappa shape index (κ1) is 22.2. The lowest BCUT2D eigenvalue weighted by Gasteiger charge is -2.26. The highest BCUT2D eigenvalue weighted by Gasteiger charge is 2.38. The van der Waals surface area contributed by atoms with Crippen LogP contribution in [0.15, 0.2) is 48.5 Å². The molecule has 6 rings (SSSR count). The summed E-state index contributed by atoms with van der Waals surface area (Å²) < 4.78 is 6.39. The molecule has 2 aliphatic heterocycles. The molecule has 0 saturated carbocycles. The molecular formula is C24H23N7O5. The molecule has 4 N–H and O–H groups in total. The number of carbonyl (C=O) groups is 2. The van der Waals surface area contributed by atoms with E-state index in [0.29, 0.717) is 22.8 Å². The molecule has 12 heteroatoms. The lowest BCUT2D eigenvalue weighted by molar-refractivity contribution is -0.149. The highest BCUT2D eigenvalue weighted by Crippen LogP contribution is 2.42. The summed E-state index contributed by atoms with van der Waals surface area (Å²) in [6, 6.07) is 13.6. The summed E-state index contributed by atoms with van der Waals surface area (Å²) in [6.07, 6.45) is -1.23. The summed E-state index contributed by atoms with van der Waals surface area (Å²) in [5.74, 6) is -0.542. The molecule has 1 fully saturated rings. The second-order valence-corrected chi connectivity index (χ2v) is 8.64. The van der Waals surface area contributed by atoms with E-state index in [2.05, 4.69) is 20.0 Å². The molecule has 1 atom stereocenters. The van der Waals surface area contributed by atoms with Crippen LogP contribution in [0.25, 0.3) is 22.6 Å². The number of aromatic nitrogens is 4. The first-order valence-electron chi connectivity index (χ1n) is 11.5. The van der Waals surface area contributed by atoms with E-state index in [9.17, 15) is 14.7 Å². The number of nitrogens with zero attached hydrogens (tertiary/aromatic N) is 5. The van der Waals surface area contributed by atoms with Gasteiger partial charge in [0.2, 0.25) is 6.10 Å². The van der Waals surface area contributed by atoms with Crippen LogP contribution in [0.1, 0.15) is 17.2 Å². The van der Waals surface area contributed by atoms with Gasteiger partial charge in [-0.25, -0.2) is 24.5 Å². The van der Waals surface area contributed by atoms with Gasteiger partial charge in [-0.2, -0.15) is 9.78 Å². The van der Waals surface area contributed by atoms with Gasteiger partial charge in [0.25, 0.3) is 0 Å². The summed E-state index contributed by atoms with van der Waals surface area (Å²) >= 11 is 0. The molecule has 1 amide bonds. The van der Waals surface area contributed by atoms with E-state index < -0.39 is 18.1 Å². The number of hydrogen-bond donors (Lipinski definition) is 3. The molecule has 1 saturated heterocycles. The standard InChI is InChI=1S/C24H23N7O5/c25-24(34)30-20(31-19-4-2-1-3-15(19)21(36-31)23(32)33)12-18(28-30)22-26-16-6-5-14(11-17(16)27-22)13-29-7-9-35-10-8-29/h1-6,11-12,21H,7-10,13H2,(H2,25,34)(H,26,27)(H,32,33). The van der Waals surface area contributed by atoms with E-state index in [4.69, 9.17) is 15.3 Å². The Morgan fingerprint density at radius 2 is 1.94 bits per heavy atom. The normalized spacial score (nSPS) is 18.0. The van der Waals surface area contributed by atoms with Crippen LogP contribution in [0, 0.1) is 0 Å². The van der Waals surface area contributed by atoms with E-state index in [1.54, 1.807) is 30.3 Å². The van der Waals surface area contributed by atoms with E-state index in [1.807, 2.05) is 18.2 Å². The Morgan fingerprint density at radius 1 is 1.14 bits per heavy atom. The highest BCUT2D eigenvalue weighted by molar-refractivity contribution is 5.86. The maximum absolute atomic E-state index is 12.2. The number of carboxylic acid groups (broad SMARTS) is 1. The number of carbonyl (C=O) groups excluding carboxylic acids is 1. The van der Waals surface area contributed by atoms with Gasteiger partial charge in [-0.15, -0.1) is 0 Å². The number of ether oxygens (including phenoxy) is 1. The van der Waals surface area contributed by atoms with Gasteiger partial charge in [-0.1, -0.05) is 24.3 Å². The number of anilines is 2. The quantitative estimate of drug-likeness (QED) is 0.384. The molecule has 2 aromatic carbocycles. The fourth-order valence-electron chi connectivity index (χ4n) is 4.56. The number of primary amides is 1. The zero-order valence-electron chi connectivity index (χ0n) is 19.1. The highest BCUT2D eigenvalue weighted by atomic mass is 16.7. The largest absolute Gasteiger partial charge is 0.479 e. The molecule has 0 bridgehead atoms. The van der Waals surface area contributed by atoms with E-state index >= 15 is 0 Å².